The van der Waals surface area contributed by atoms with Crippen molar-refractivity contribution in [2.24, 2.45) is 0 Å². The summed E-state index contributed by atoms with van der Waals surface area (Å²) in [5.41, 5.74) is 2.54. The average Bonchev–Trinajstić information content (AvgIpc) is 3.04. The van der Waals surface area contributed by atoms with Crippen molar-refractivity contribution < 1.29 is 22.6 Å². The van der Waals surface area contributed by atoms with Gasteiger partial charge in [0.15, 0.2) is 5.69 Å². The summed E-state index contributed by atoms with van der Waals surface area (Å²) in [7, 11) is 0. The van der Waals surface area contributed by atoms with E-state index >= 15 is 0 Å². The van der Waals surface area contributed by atoms with E-state index < -0.39 is 11.9 Å². The Morgan fingerprint density at radius 3 is 1.98 bits per heavy atom. The van der Waals surface area contributed by atoms with Gasteiger partial charge in [0.2, 0.25) is 5.95 Å². The summed E-state index contributed by atoms with van der Waals surface area (Å²) in [6, 6.07) is 13.2. The zero-order chi connectivity index (χ0) is 30.9. The van der Waals surface area contributed by atoms with Crippen molar-refractivity contribution in [3.8, 4) is 0 Å². The van der Waals surface area contributed by atoms with E-state index in [0.717, 1.165) is 49.2 Å². The lowest BCUT2D eigenvalue weighted by molar-refractivity contribution is -0.141. The topological polar surface area (TPSA) is 118 Å². The molecule has 0 aliphatic carbocycles. The number of anilines is 4. The van der Waals surface area contributed by atoms with Crippen LogP contribution in [-0.2, 0) is 15.7 Å². The lowest BCUT2D eigenvalue weighted by Gasteiger charge is -2.25. The van der Waals surface area contributed by atoms with Crippen LogP contribution in [0.15, 0.2) is 67.3 Å². The SMILES string of the molecule is Clc1cnc(Nc2ccc([C@@H]3CNCCO3)c(Cl)c2)nc1.FC(F)(F)c1cnc(Nc2ccc([C@@H]3CNCCO3)cc2)cn1. The molecule has 2 aliphatic heterocycles. The van der Waals surface area contributed by atoms with Crippen LogP contribution in [0.25, 0.3) is 0 Å². The molecule has 232 valence electrons. The molecule has 2 atom stereocenters. The number of benzene rings is 2. The van der Waals surface area contributed by atoms with Gasteiger partial charge in [0.05, 0.1) is 55.2 Å². The van der Waals surface area contributed by atoms with Crippen LogP contribution in [0.4, 0.5) is 36.3 Å². The minimum Gasteiger partial charge on any atom is -0.371 e. The quantitative estimate of drug-likeness (QED) is 0.196. The van der Waals surface area contributed by atoms with Crippen molar-refractivity contribution in [1.82, 2.24) is 30.6 Å². The second kappa shape index (κ2) is 14.9. The van der Waals surface area contributed by atoms with Crippen LogP contribution in [-0.4, -0.2) is 59.3 Å². The molecule has 2 saturated heterocycles. The van der Waals surface area contributed by atoms with Crippen LogP contribution in [0.2, 0.25) is 10.0 Å². The second-order valence-corrected chi connectivity index (χ2v) is 10.6. The smallest absolute Gasteiger partial charge is 0.371 e. The number of hydrogen-bond acceptors (Lipinski definition) is 10. The van der Waals surface area contributed by atoms with E-state index in [0.29, 0.717) is 41.1 Å². The van der Waals surface area contributed by atoms with Crippen LogP contribution in [0.5, 0.6) is 0 Å². The van der Waals surface area contributed by atoms with Crippen LogP contribution in [0, 0.1) is 0 Å². The van der Waals surface area contributed by atoms with Gasteiger partial charge in [-0.1, -0.05) is 41.4 Å². The normalized spacial score (nSPS) is 18.6. The first-order valence-electron chi connectivity index (χ1n) is 13.7. The molecule has 0 bridgehead atoms. The molecule has 0 unspecified atom stereocenters. The third-order valence-electron chi connectivity index (χ3n) is 6.58. The van der Waals surface area contributed by atoms with Crippen LogP contribution < -0.4 is 21.3 Å². The number of halogens is 5. The summed E-state index contributed by atoms with van der Waals surface area (Å²) in [5, 5.41) is 13.7. The van der Waals surface area contributed by atoms with E-state index in [-0.39, 0.29) is 18.0 Å². The molecule has 0 spiro atoms. The van der Waals surface area contributed by atoms with Crippen molar-refractivity contribution in [3.05, 3.63) is 94.1 Å². The Hall–Kier alpha value is -3.59. The Bertz CT molecular complexity index is 1480. The van der Waals surface area contributed by atoms with Crippen molar-refractivity contribution >= 4 is 46.3 Å². The van der Waals surface area contributed by atoms with E-state index in [1.807, 2.05) is 42.5 Å². The standard InChI is InChI=1S/C15H15F3N4O.C14H14Cl2N4O/c16-15(17,18)13-8-21-14(9-20-13)22-11-3-1-10(2-4-11)12-7-19-5-6-23-12;15-9-6-18-14(19-7-9)20-10-1-2-11(12(16)5-10)13-8-17-3-4-21-13/h1-4,8-9,12,19H,5-7H2,(H,21,22);1-2,5-7,13,17H,3-4,8H2,(H,18,19,20)/t12-;13-/m00/s1. The minimum absolute atomic E-state index is 0.00733. The van der Waals surface area contributed by atoms with Crippen molar-refractivity contribution in [2.45, 2.75) is 18.4 Å². The molecule has 4 N–H and O–H groups in total. The molecule has 0 radical (unpaired) electrons. The van der Waals surface area contributed by atoms with E-state index in [1.165, 1.54) is 12.4 Å². The minimum atomic E-state index is -4.48. The Labute approximate surface area is 261 Å². The third-order valence-corrected chi connectivity index (χ3v) is 7.10. The number of morpholine rings is 2. The Kier molecular flexibility index (Phi) is 10.8. The lowest BCUT2D eigenvalue weighted by atomic mass is 10.1. The number of ether oxygens (including phenoxy) is 2. The first kappa shape index (κ1) is 31.8. The fraction of sp³-hybridized carbons (Fsp3) is 0.310. The van der Waals surface area contributed by atoms with E-state index in [4.69, 9.17) is 32.7 Å². The van der Waals surface area contributed by atoms with Gasteiger partial charge in [0.25, 0.3) is 0 Å². The van der Waals surface area contributed by atoms with E-state index in [2.05, 4.69) is 41.2 Å². The zero-order valence-electron chi connectivity index (χ0n) is 23.2. The zero-order valence-corrected chi connectivity index (χ0v) is 24.8. The van der Waals surface area contributed by atoms with Gasteiger partial charge in [-0.3, -0.25) is 0 Å². The maximum absolute atomic E-state index is 12.4. The number of rotatable bonds is 6. The first-order chi connectivity index (χ1) is 21.2. The number of nitrogens with zero attached hydrogens (tertiary/aromatic N) is 4. The summed E-state index contributed by atoms with van der Waals surface area (Å²) in [6.45, 7) is 4.62. The van der Waals surface area contributed by atoms with Crippen molar-refractivity contribution in [2.75, 3.05) is 50.0 Å². The molecular formula is C29H29Cl2F3N8O2. The summed E-state index contributed by atoms with van der Waals surface area (Å²) < 4.78 is 48.6. The molecule has 15 heteroatoms. The van der Waals surface area contributed by atoms with Gasteiger partial charge >= 0.3 is 6.18 Å². The third kappa shape index (κ3) is 8.97. The molecule has 4 aromatic rings. The predicted molar refractivity (Wildman–Crippen MR) is 162 cm³/mol. The fourth-order valence-electron chi connectivity index (χ4n) is 4.38. The highest BCUT2D eigenvalue weighted by molar-refractivity contribution is 6.31. The molecular weight excluding hydrogens is 620 g/mol. The van der Waals surface area contributed by atoms with Gasteiger partial charge in [-0.2, -0.15) is 13.2 Å². The van der Waals surface area contributed by atoms with Crippen LogP contribution in [0.3, 0.4) is 0 Å². The molecule has 10 nitrogen and oxygen atoms in total. The second-order valence-electron chi connectivity index (χ2n) is 9.74. The Morgan fingerprint density at radius 2 is 1.41 bits per heavy atom. The highest BCUT2D eigenvalue weighted by atomic mass is 35.5. The van der Waals surface area contributed by atoms with Gasteiger partial charge in [-0.05, 0) is 29.8 Å². The fourth-order valence-corrected chi connectivity index (χ4v) is 4.78. The molecule has 2 aliphatic rings. The van der Waals surface area contributed by atoms with Crippen molar-refractivity contribution in [1.29, 1.82) is 0 Å². The molecule has 44 heavy (non-hydrogen) atoms. The number of alkyl halides is 3. The molecule has 0 saturated carbocycles. The number of nitrogens with one attached hydrogen (secondary N) is 4. The maximum atomic E-state index is 12.4. The highest BCUT2D eigenvalue weighted by Crippen LogP contribution is 2.30. The predicted octanol–water partition coefficient (Wildman–Crippen LogP) is 6.09. The van der Waals surface area contributed by atoms with Gasteiger partial charge in [0.1, 0.15) is 5.82 Å². The van der Waals surface area contributed by atoms with Crippen molar-refractivity contribution in [3.63, 3.8) is 0 Å². The monoisotopic (exact) mass is 648 g/mol. The summed E-state index contributed by atoms with van der Waals surface area (Å²) in [5.74, 6) is 0.722. The largest absolute Gasteiger partial charge is 0.434 e. The van der Waals surface area contributed by atoms with Crippen LogP contribution >= 0.6 is 23.2 Å². The molecule has 2 aromatic carbocycles. The van der Waals surface area contributed by atoms with E-state index in [1.54, 1.807) is 0 Å². The average molecular weight is 650 g/mol. The highest BCUT2D eigenvalue weighted by Gasteiger charge is 2.32. The number of hydrogen-bond donors (Lipinski definition) is 4. The first-order valence-corrected chi connectivity index (χ1v) is 14.4. The van der Waals surface area contributed by atoms with Crippen LogP contribution in [0.1, 0.15) is 29.0 Å². The molecule has 2 aromatic heterocycles. The molecule has 6 rings (SSSR count). The number of aromatic nitrogens is 4. The molecule has 4 heterocycles. The summed E-state index contributed by atoms with van der Waals surface area (Å²) in [4.78, 5) is 15.3. The molecule has 0 amide bonds. The molecule has 2 fully saturated rings. The lowest BCUT2D eigenvalue weighted by Crippen LogP contribution is -2.33. The van der Waals surface area contributed by atoms with Gasteiger partial charge in [-0.15, -0.1) is 0 Å². The Morgan fingerprint density at radius 1 is 0.750 bits per heavy atom. The Balaban J connectivity index is 0.000000175. The maximum Gasteiger partial charge on any atom is 0.434 e. The summed E-state index contributed by atoms with van der Waals surface area (Å²) >= 11 is 12.1. The van der Waals surface area contributed by atoms with E-state index in [9.17, 15) is 13.2 Å². The van der Waals surface area contributed by atoms with Gasteiger partial charge in [-0.25, -0.2) is 19.9 Å². The van der Waals surface area contributed by atoms with Gasteiger partial charge in [0, 0.05) is 48.1 Å². The summed E-state index contributed by atoms with van der Waals surface area (Å²) in [6.07, 6.45) is 0.364. The van der Waals surface area contributed by atoms with Gasteiger partial charge < -0.3 is 30.7 Å².